The van der Waals surface area contributed by atoms with Crippen molar-refractivity contribution in [2.45, 2.75) is 13.3 Å². The van der Waals surface area contributed by atoms with Crippen LogP contribution in [0.4, 0.5) is 13.2 Å². The van der Waals surface area contributed by atoms with Crippen molar-refractivity contribution >= 4 is 6.29 Å². The molecule has 0 unspecified atom stereocenters. The molecule has 6 heteroatoms. The summed E-state index contributed by atoms with van der Waals surface area (Å²) in [5, 5.41) is 0. The van der Waals surface area contributed by atoms with Crippen LogP contribution >= 0.6 is 0 Å². The number of hydrogen-bond donors (Lipinski definition) is 0. The molecule has 0 aliphatic carbocycles. The summed E-state index contributed by atoms with van der Waals surface area (Å²) < 4.78 is 45.1. The van der Waals surface area contributed by atoms with Crippen molar-refractivity contribution in [3.05, 3.63) is 41.7 Å². The molecule has 0 saturated heterocycles. The van der Waals surface area contributed by atoms with Crippen molar-refractivity contribution in [1.29, 1.82) is 0 Å². The van der Waals surface area contributed by atoms with Gasteiger partial charge in [0, 0.05) is 5.56 Å². The maximum atomic E-state index is 12.0. The van der Waals surface area contributed by atoms with Crippen LogP contribution in [0.15, 0.2) is 34.7 Å². The fourth-order valence-corrected chi connectivity index (χ4v) is 1.58. The van der Waals surface area contributed by atoms with E-state index in [1.165, 1.54) is 30.3 Å². The third kappa shape index (κ3) is 3.15. The van der Waals surface area contributed by atoms with E-state index in [0.717, 1.165) is 0 Å². The molecule has 19 heavy (non-hydrogen) atoms. The smallest absolute Gasteiger partial charge is 0.461 e. The van der Waals surface area contributed by atoms with Crippen molar-refractivity contribution in [2.24, 2.45) is 0 Å². The molecule has 0 saturated carbocycles. The standard InChI is InChI=1S/C13H9F3O3/c1-8-10(7-17)6-12(18-8)9-2-4-11(5-3-9)19-13(14,15)16/h2-7H,1H3. The summed E-state index contributed by atoms with van der Waals surface area (Å²) >= 11 is 0. The Labute approximate surface area is 106 Å². The zero-order valence-electron chi connectivity index (χ0n) is 9.82. The van der Waals surface area contributed by atoms with Crippen molar-refractivity contribution < 1.29 is 27.1 Å². The molecule has 0 amide bonds. The average Bonchev–Trinajstić information content (AvgIpc) is 2.69. The molecule has 1 aromatic heterocycles. The maximum Gasteiger partial charge on any atom is 0.573 e. The Hall–Kier alpha value is -2.24. The lowest BCUT2D eigenvalue weighted by molar-refractivity contribution is -0.274. The van der Waals surface area contributed by atoms with Gasteiger partial charge in [0.1, 0.15) is 17.3 Å². The largest absolute Gasteiger partial charge is 0.573 e. The predicted octanol–water partition coefficient (Wildman–Crippen LogP) is 3.97. The van der Waals surface area contributed by atoms with Crippen LogP contribution in [0, 0.1) is 6.92 Å². The summed E-state index contributed by atoms with van der Waals surface area (Å²) in [6.45, 7) is 1.63. The van der Waals surface area contributed by atoms with Gasteiger partial charge in [0.25, 0.3) is 0 Å². The zero-order valence-corrected chi connectivity index (χ0v) is 9.82. The van der Waals surface area contributed by atoms with Crippen molar-refractivity contribution in [3.8, 4) is 17.1 Å². The van der Waals surface area contributed by atoms with Crippen LogP contribution in [0.3, 0.4) is 0 Å². The second-order valence-electron chi connectivity index (χ2n) is 3.81. The lowest BCUT2D eigenvalue weighted by Crippen LogP contribution is -2.16. The minimum absolute atomic E-state index is 0.310. The Balaban J connectivity index is 2.24. The molecule has 0 atom stereocenters. The van der Waals surface area contributed by atoms with Crippen LogP contribution in [-0.2, 0) is 0 Å². The Morgan fingerprint density at radius 3 is 2.32 bits per heavy atom. The SMILES string of the molecule is Cc1oc(-c2ccc(OC(F)(F)F)cc2)cc1C=O. The number of aldehydes is 1. The Morgan fingerprint density at radius 1 is 1.21 bits per heavy atom. The molecule has 0 radical (unpaired) electrons. The fourth-order valence-electron chi connectivity index (χ4n) is 1.58. The summed E-state index contributed by atoms with van der Waals surface area (Å²) in [7, 11) is 0. The number of hydrogen-bond acceptors (Lipinski definition) is 3. The van der Waals surface area contributed by atoms with Gasteiger partial charge in [-0.2, -0.15) is 0 Å². The number of halogens is 3. The fraction of sp³-hybridized carbons (Fsp3) is 0.154. The van der Waals surface area contributed by atoms with Crippen LogP contribution in [0.25, 0.3) is 11.3 Å². The molecular formula is C13H9F3O3. The van der Waals surface area contributed by atoms with Gasteiger partial charge in [-0.05, 0) is 37.3 Å². The van der Waals surface area contributed by atoms with E-state index in [9.17, 15) is 18.0 Å². The van der Waals surface area contributed by atoms with Gasteiger partial charge >= 0.3 is 6.36 Å². The second-order valence-corrected chi connectivity index (χ2v) is 3.81. The van der Waals surface area contributed by atoms with Gasteiger partial charge in [-0.25, -0.2) is 0 Å². The minimum Gasteiger partial charge on any atom is -0.461 e. The van der Waals surface area contributed by atoms with Crippen molar-refractivity contribution in [2.75, 3.05) is 0 Å². The third-order valence-corrected chi connectivity index (χ3v) is 2.46. The normalized spacial score (nSPS) is 11.4. The Bertz CT molecular complexity index is 582. The summed E-state index contributed by atoms with van der Waals surface area (Å²) in [5.41, 5.74) is 0.969. The second kappa shape index (κ2) is 4.79. The molecule has 1 aromatic carbocycles. The molecule has 0 N–H and O–H groups in total. The molecule has 100 valence electrons. The highest BCUT2D eigenvalue weighted by molar-refractivity contribution is 5.79. The number of carbonyl (C=O) groups excluding carboxylic acids is 1. The molecule has 0 fully saturated rings. The number of furan rings is 1. The average molecular weight is 270 g/mol. The van der Waals surface area contributed by atoms with Crippen LogP contribution < -0.4 is 4.74 Å². The number of ether oxygens (including phenoxy) is 1. The summed E-state index contributed by atoms with van der Waals surface area (Å²) in [6, 6.07) is 6.74. The molecular weight excluding hydrogens is 261 g/mol. The molecule has 2 rings (SSSR count). The first-order chi connectivity index (χ1) is 8.89. The first-order valence-corrected chi connectivity index (χ1v) is 5.31. The van der Waals surface area contributed by atoms with Crippen LogP contribution in [-0.4, -0.2) is 12.6 Å². The monoisotopic (exact) mass is 270 g/mol. The maximum absolute atomic E-state index is 12.0. The zero-order chi connectivity index (χ0) is 14.0. The number of carbonyl (C=O) groups is 1. The van der Waals surface area contributed by atoms with E-state index in [2.05, 4.69) is 4.74 Å². The van der Waals surface area contributed by atoms with E-state index in [-0.39, 0.29) is 5.75 Å². The lowest BCUT2D eigenvalue weighted by atomic mass is 10.1. The van der Waals surface area contributed by atoms with E-state index in [1.54, 1.807) is 6.92 Å². The third-order valence-electron chi connectivity index (χ3n) is 2.46. The van der Waals surface area contributed by atoms with Gasteiger partial charge in [0.2, 0.25) is 0 Å². The van der Waals surface area contributed by atoms with E-state index in [0.29, 0.717) is 28.9 Å². The number of aryl methyl sites for hydroxylation is 1. The summed E-state index contributed by atoms with van der Waals surface area (Å²) in [4.78, 5) is 10.7. The number of benzene rings is 1. The molecule has 0 aliphatic rings. The Morgan fingerprint density at radius 2 is 1.84 bits per heavy atom. The predicted molar refractivity (Wildman–Crippen MR) is 61.0 cm³/mol. The molecule has 2 aromatic rings. The molecule has 0 bridgehead atoms. The first-order valence-electron chi connectivity index (χ1n) is 5.31. The van der Waals surface area contributed by atoms with E-state index in [4.69, 9.17) is 4.42 Å². The van der Waals surface area contributed by atoms with E-state index in [1.807, 2.05) is 0 Å². The number of alkyl halides is 3. The summed E-state index contributed by atoms with van der Waals surface area (Å²) in [5.74, 6) is 0.564. The van der Waals surface area contributed by atoms with Crippen molar-refractivity contribution in [1.82, 2.24) is 0 Å². The van der Waals surface area contributed by atoms with E-state index < -0.39 is 6.36 Å². The minimum atomic E-state index is -4.71. The highest BCUT2D eigenvalue weighted by Crippen LogP contribution is 2.28. The number of rotatable bonds is 3. The molecule has 1 heterocycles. The van der Waals surface area contributed by atoms with Crippen LogP contribution in [0.1, 0.15) is 16.1 Å². The lowest BCUT2D eigenvalue weighted by Gasteiger charge is -2.08. The van der Waals surface area contributed by atoms with Gasteiger partial charge < -0.3 is 9.15 Å². The molecule has 0 spiro atoms. The Kier molecular flexibility index (Phi) is 3.33. The molecule has 0 aliphatic heterocycles. The van der Waals surface area contributed by atoms with Crippen LogP contribution in [0.2, 0.25) is 0 Å². The van der Waals surface area contributed by atoms with Gasteiger partial charge in [0.15, 0.2) is 6.29 Å². The van der Waals surface area contributed by atoms with Gasteiger partial charge in [-0.3, -0.25) is 4.79 Å². The van der Waals surface area contributed by atoms with E-state index >= 15 is 0 Å². The first kappa shape index (κ1) is 13.2. The van der Waals surface area contributed by atoms with Gasteiger partial charge in [-0.15, -0.1) is 13.2 Å². The van der Waals surface area contributed by atoms with Gasteiger partial charge in [-0.1, -0.05) is 0 Å². The highest BCUT2D eigenvalue weighted by Gasteiger charge is 2.31. The topological polar surface area (TPSA) is 39.4 Å². The molecule has 3 nitrogen and oxygen atoms in total. The highest BCUT2D eigenvalue weighted by atomic mass is 19.4. The van der Waals surface area contributed by atoms with Crippen LogP contribution in [0.5, 0.6) is 5.75 Å². The summed E-state index contributed by atoms with van der Waals surface area (Å²) in [6.07, 6.45) is -4.06. The van der Waals surface area contributed by atoms with Crippen molar-refractivity contribution in [3.63, 3.8) is 0 Å². The van der Waals surface area contributed by atoms with Gasteiger partial charge in [0.05, 0.1) is 5.56 Å². The quantitative estimate of drug-likeness (QED) is 0.792.